The van der Waals surface area contributed by atoms with Gasteiger partial charge in [0.15, 0.2) is 5.69 Å². The number of amides is 3. The van der Waals surface area contributed by atoms with Crippen LogP contribution < -0.4 is 39.5 Å². The number of hydrogen-bond donors (Lipinski definition) is 6. The molecule has 0 atom stereocenters. The molecule has 0 spiro atoms. The lowest BCUT2D eigenvalue weighted by molar-refractivity contribution is -0.117. The van der Waals surface area contributed by atoms with Crippen molar-refractivity contribution in [3.63, 3.8) is 0 Å². The number of nitrogens with one attached hydrogen (secondary N) is 3. The fourth-order valence-electron chi connectivity index (χ4n) is 3.30. The van der Waals surface area contributed by atoms with Crippen LogP contribution in [0.5, 0.6) is 0 Å². The first-order valence-corrected chi connectivity index (χ1v) is 10.3. The first-order valence-electron chi connectivity index (χ1n) is 10.3. The number of carboxylic acids is 1. The first-order chi connectivity index (χ1) is 16.5. The molecule has 36 heavy (non-hydrogen) atoms. The summed E-state index contributed by atoms with van der Waals surface area (Å²) in [6, 6.07) is 4.14. The van der Waals surface area contributed by atoms with Gasteiger partial charge >= 0.3 is 5.97 Å². The molecule has 0 unspecified atom stereocenters. The van der Waals surface area contributed by atoms with Crippen LogP contribution in [0.3, 0.4) is 0 Å². The molecule has 3 amide bonds. The summed E-state index contributed by atoms with van der Waals surface area (Å²) in [4.78, 5) is 48.7. The number of carbonyl (C=O) groups is 4. The van der Waals surface area contributed by atoms with Crippen LogP contribution >= 0.6 is 0 Å². The van der Waals surface area contributed by atoms with Crippen molar-refractivity contribution >= 4 is 40.9 Å². The number of carboxylic acid groups (broad SMARTS) is 1. The molecule has 0 saturated carbocycles. The summed E-state index contributed by atoms with van der Waals surface area (Å²) in [5.41, 5.74) is 6.46. The van der Waals surface area contributed by atoms with Crippen LogP contribution in [-0.4, -0.2) is 60.1 Å². The molecule has 0 saturated heterocycles. The fraction of sp³-hybridized carbons (Fsp3) is 0.238. The van der Waals surface area contributed by atoms with Crippen LogP contribution in [0.2, 0.25) is 0 Å². The zero-order chi connectivity index (χ0) is 25.9. The van der Waals surface area contributed by atoms with Gasteiger partial charge < -0.3 is 42.6 Å². The second kappa shape index (κ2) is 11.2. The summed E-state index contributed by atoms with van der Waals surface area (Å²) >= 11 is 0. The number of aryl methyl sites for hydroxylation is 3. The molecule has 8 N–H and O–H groups in total. The predicted octanol–water partition coefficient (Wildman–Crippen LogP) is -4.46. The lowest BCUT2D eigenvalue weighted by Gasteiger charge is -2.03. The van der Waals surface area contributed by atoms with E-state index >= 15 is 0 Å². The van der Waals surface area contributed by atoms with E-state index in [1.165, 1.54) is 29.9 Å². The molecule has 0 aliphatic heterocycles. The molecular formula is C21H26ClN9O5. The van der Waals surface area contributed by atoms with Crippen molar-refractivity contribution in [3.8, 4) is 0 Å². The Morgan fingerprint density at radius 2 is 1.42 bits per heavy atom. The summed E-state index contributed by atoms with van der Waals surface area (Å²) in [5, 5.41) is 26.2. The maximum Gasteiger partial charge on any atom is 0.356 e. The molecule has 15 heteroatoms. The Kier molecular flexibility index (Phi) is 8.62. The standard InChI is InChI=1S/C21H25N9O5.ClH/c1-28-9-11(6-14(28)18(31)24-5-4-17(22)23)25-19(32)15-7-12(10-29(15)2)26-20(33)16-8-13(21(34)35)27-30(16)3;/h6-10H,4-5H2,1-3H3,(H3,22,23)(H,24,31)(H,25,32)(H,26,33)(H,34,35);1H. The summed E-state index contributed by atoms with van der Waals surface area (Å²) in [6.07, 6.45) is 3.46. The second-order valence-electron chi connectivity index (χ2n) is 7.78. The third-order valence-corrected chi connectivity index (χ3v) is 5.02. The average Bonchev–Trinajstić information content (AvgIpc) is 3.44. The van der Waals surface area contributed by atoms with Gasteiger partial charge in [0.05, 0.1) is 17.8 Å². The largest absolute Gasteiger partial charge is 1.00 e. The maximum atomic E-state index is 12.8. The number of rotatable bonds is 9. The molecule has 3 rings (SSSR count). The maximum absolute atomic E-state index is 12.8. The summed E-state index contributed by atoms with van der Waals surface area (Å²) < 4.78 is 4.24. The minimum Gasteiger partial charge on any atom is -1.00 e. The second-order valence-corrected chi connectivity index (χ2v) is 7.78. The van der Waals surface area contributed by atoms with Gasteiger partial charge in [-0.1, -0.05) is 0 Å². The Morgan fingerprint density at radius 1 is 0.917 bits per heavy atom. The Labute approximate surface area is 211 Å². The SMILES string of the molecule is Cn1cc(NC(=O)c2cc(NC(=O)c3cc(C(=O)O)nn3C)cn2C)cc1C(=O)NCCC(N)=[NH2+].[Cl-]. The van der Waals surface area contributed by atoms with E-state index < -0.39 is 17.8 Å². The van der Waals surface area contributed by atoms with E-state index in [0.717, 1.165) is 10.7 Å². The van der Waals surface area contributed by atoms with E-state index in [9.17, 15) is 19.2 Å². The van der Waals surface area contributed by atoms with E-state index in [-0.39, 0.29) is 47.8 Å². The van der Waals surface area contributed by atoms with Gasteiger partial charge in [-0.2, -0.15) is 5.10 Å². The van der Waals surface area contributed by atoms with E-state index in [0.29, 0.717) is 23.5 Å². The van der Waals surface area contributed by atoms with Gasteiger partial charge in [-0.15, -0.1) is 0 Å². The van der Waals surface area contributed by atoms with Crippen LogP contribution in [-0.2, 0) is 21.1 Å². The van der Waals surface area contributed by atoms with E-state index in [4.69, 9.17) is 16.2 Å². The molecule has 0 aliphatic rings. The van der Waals surface area contributed by atoms with Crippen LogP contribution in [0.4, 0.5) is 11.4 Å². The molecule has 0 bridgehead atoms. The number of carbonyl (C=O) groups excluding carboxylic acids is 3. The molecular weight excluding hydrogens is 494 g/mol. The van der Waals surface area contributed by atoms with Gasteiger partial charge in [0.25, 0.3) is 17.7 Å². The molecule has 192 valence electrons. The Morgan fingerprint density at radius 3 is 1.89 bits per heavy atom. The molecule has 3 aromatic heterocycles. The third kappa shape index (κ3) is 6.29. The topological polar surface area (TPSA) is 204 Å². The molecule has 0 aromatic carbocycles. The van der Waals surface area contributed by atoms with Crippen molar-refractivity contribution in [3.05, 3.63) is 53.4 Å². The summed E-state index contributed by atoms with van der Waals surface area (Å²) in [7, 11) is 4.74. The van der Waals surface area contributed by atoms with Crippen LogP contribution in [0, 0.1) is 0 Å². The number of halogens is 1. The molecule has 0 radical (unpaired) electrons. The van der Waals surface area contributed by atoms with Gasteiger partial charge in [0, 0.05) is 46.1 Å². The molecule has 0 fully saturated rings. The monoisotopic (exact) mass is 519 g/mol. The normalized spacial score (nSPS) is 10.3. The van der Waals surface area contributed by atoms with Crippen LogP contribution in [0.15, 0.2) is 30.6 Å². The smallest absolute Gasteiger partial charge is 0.356 e. The predicted molar refractivity (Wildman–Crippen MR) is 125 cm³/mol. The molecule has 3 heterocycles. The van der Waals surface area contributed by atoms with Crippen molar-refractivity contribution in [2.75, 3.05) is 17.2 Å². The molecule has 3 aromatic rings. The van der Waals surface area contributed by atoms with Crippen molar-refractivity contribution in [1.82, 2.24) is 24.2 Å². The van der Waals surface area contributed by atoms with Gasteiger partial charge in [-0.25, -0.2) is 4.79 Å². The summed E-state index contributed by atoms with van der Waals surface area (Å²) in [5.74, 6) is -2.44. The number of aromatic carboxylic acids is 1. The highest BCUT2D eigenvalue weighted by Crippen LogP contribution is 2.18. The highest BCUT2D eigenvalue weighted by Gasteiger charge is 2.20. The molecule has 0 aliphatic carbocycles. The van der Waals surface area contributed by atoms with E-state index in [1.807, 2.05) is 0 Å². The summed E-state index contributed by atoms with van der Waals surface area (Å²) in [6.45, 7) is 0.280. The number of anilines is 2. The van der Waals surface area contributed by atoms with Crippen molar-refractivity contribution in [2.24, 2.45) is 26.9 Å². The Hall–Kier alpha value is -4.59. The van der Waals surface area contributed by atoms with Crippen molar-refractivity contribution in [1.29, 1.82) is 0 Å². The van der Waals surface area contributed by atoms with Crippen LogP contribution in [0.25, 0.3) is 0 Å². The zero-order valence-corrected chi connectivity index (χ0v) is 20.5. The van der Waals surface area contributed by atoms with Gasteiger partial charge in [-0.3, -0.25) is 30.2 Å². The van der Waals surface area contributed by atoms with Gasteiger partial charge in [-0.05, 0) is 12.1 Å². The lowest BCUT2D eigenvalue weighted by Crippen LogP contribution is -3.00. The number of hydrogen-bond acceptors (Lipinski definition) is 5. The van der Waals surface area contributed by atoms with Gasteiger partial charge in [0.2, 0.25) is 5.84 Å². The minimum atomic E-state index is -1.25. The Balaban J connectivity index is 0.00000456. The average molecular weight is 520 g/mol. The van der Waals surface area contributed by atoms with E-state index in [1.54, 1.807) is 24.9 Å². The third-order valence-electron chi connectivity index (χ3n) is 5.02. The zero-order valence-electron chi connectivity index (χ0n) is 19.7. The van der Waals surface area contributed by atoms with Crippen LogP contribution in [0.1, 0.15) is 48.4 Å². The quantitative estimate of drug-likeness (QED) is 0.121. The minimum absolute atomic E-state index is 0. The number of nitrogens with two attached hydrogens (primary N) is 2. The van der Waals surface area contributed by atoms with Crippen molar-refractivity contribution < 1.29 is 42.1 Å². The number of amidine groups is 1. The van der Waals surface area contributed by atoms with E-state index in [2.05, 4.69) is 21.0 Å². The first kappa shape index (κ1) is 27.7. The fourth-order valence-corrected chi connectivity index (χ4v) is 3.30. The number of aromatic nitrogens is 4. The van der Waals surface area contributed by atoms with Gasteiger partial charge in [0.1, 0.15) is 17.1 Å². The highest BCUT2D eigenvalue weighted by atomic mass is 35.5. The Bertz CT molecular complexity index is 1340. The highest BCUT2D eigenvalue weighted by molar-refractivity contribution is 6.07. The number of nitrogens with zero attached hydrogens (tertiary/aromatic N) is 4. The molecule has 14 nitrogen and oxygen atoms in total. The van der Waals surface area contributed by atoms with Crippen molar-refractivity contribution in [2.45, 2.75) is 6.42 Å². The lowest BCUT2D eigenvalue weighted by atomic mass is 10.3.